The van der Waals surface area contributed by atoms with Gasteiger partial charge in [-0.3, -0.25) is 9.78 Å². The fourth-order valence-electron chi connectivity index (χ4n) is 2.81. The van der Waals surface area contributed by atoms with E-state index in [1.54, 1.807) is 7.11 Å². The Labute approximate surface area is 186 Å². The minimum Gasteiger partial charge on any atom is -0.512 e. The van der Waals surface area contributed by atoms with Crippen molar-refractivity contribution in [3.8, 4) is 17.0 Å². The van der Waals surface area contributed by atoms with Crippen LogP contribution in [0.1, 0.15) is 30.5 Å². The molecule has 4 nitrogen and oxygen atoms in total. The number of aromatic nitrogens is 1. The summed E-state index contributed by atoms with van der Waals surface area (Å²) in [6.07, 6.45) is 1.17. The molecular formula is C24H26IrNO3-. The summed E-state index contributed by atoms with van der Waals surface area (Å²) in [4.78, 5) is 14.8. The third-order valence-corrected chi connectivity index (χ3v) is 4.53. The van der Waals surface area contributed by atoms with Crippen LogP contribution in [0, 0.1) is 26.8 Å². The monoisotopic (exact) mass is 569 g/mol. The molecule has 0 aliphatic rings. The van der Waals surface area contributed by atoms with Crippen LogP contribution < -0.4 is 4.74 Å². The van der Waals surface area contributed by atoms with Crippen molar-refractivity contribution >= 4 is 16.7 Å². The predicted molar refractivity (Wildman–Crippen MR) is 114 cm³/mol. The summed E-state index contributed by atoms with van der Waals surface area (Å²) in [6.45, 7) is 9.24. The molecule has 5 heteroatoms. The number of nitrogens with zero attached hydrogens (tertiary/aromatic N) is 1. The van der Waals surface area contributed by atoms with Crippen molar-refractivity contribution in [3.63, 3.8) is 0 Å². The summed E-state index contributed by atoms with van der Waals surface area (Å²) in [5.74, 6) is 0.790. The molecule has 3 aromatic rings. The quantitative estimate of drug-likeness (QED) is 0.251. The first-order valence-electron chi connectivity index (χ1n) is 9.04. The number of rotatable bonds is 3. The van der Waals surface area contributed by atoms with Crippen LogP contribution in [0.15, 0.2) is 48.2 Å². The van der Waals surface area contributed by atoms with E-state index in [-0.39, 0.29) is 31.6 Å². The molecule has 0 saturated heterocycles. The van der Waals surface area contributed by atoms with Gasteiger partial charge in [0.2, 0.25) is 0 Å². The molecule has 1 aromatic heterocycles. The molecule has 0 amide bonds. The van der Waals surface area contributed by atoms with E-state index in [4.69, 9.17) is 14.8 Å². The van der Waals surface area contributed by atoms with E-state index in [1.807, 2.05) is 24.3 Å². The van der Waals surface area contributed by atoms with Crippen LogP contribution >= 0.6 is 0 Å². The van der Waals surface area contributed by atoms with Gasteiger partial charge in [-0.1, -0.05) is 32.9 Å². The number of allylic oxidation sites excluding steroid dienone is 2. The standard InChI is InChI=1S/C19H18NO.C5H8O2.Ir/c1-12-5-8-17(14(3)13(12)2)19-9-6-15-11-16(21-4)7-10-18(15)20-19;1-4(6)3-5(2)7;/h5-7,9-11H,1-4H3;3,6H,1-2H3;/q-1;;/b;4-3-;. The van der Waals surface area contributed by atoms with Gasteiger partial charge in [0.15, 0.2) is 5.78 Å². The zero-order valence-electron chi connectivity index (χ0n) is 17.6. The molecule has 155 valence electrons. The number of fused-ring (bicyclic) bond motifs is 1. The van der Waals surface area contributed by atoms with Gasteiger partial charge >= 0.3 is 0 Å². The van der Waals surface area contributed by atoms with Gasteiger partial charge in [0.25, 0.3) is 0 Å². The molecule has 0 bridgehead atoms. The Balaban J connectivity index is 0.000000456. The molecule has 29 heavy (non-hydrogen) atoms. The van der Waals surface area contributed by atoms with Crippen LogP contribution in [-0.4, -0.2) is 23.0 Å². The molecular weight excluding hydrogens is 542 g/mol. The summed E-state index contributed by atoms with van der Waals surface area (Å²) in [5.41, 5.74) is 6.83. The predicted octanol–water partition coefficient (Wildman–Crippen LogP) is 5.67. The van der Waals surface area contributed by atoms with E-state index in [2.05, 4.69) is 39.0 Å². The molecule has 0 saturated carbocycles. The Morgan fingerprint density at radius 2 is 1.79 bits per heavy atom. The molecule has 0 aliphatic carbocycles. The number of hydrogen-bond donors (Lipinski definition) is 1. The third-order valence-electron chi connectivity index (χ3n) is 4.53. The first-order chi connectivity index (χ1) is 13.2. The fraction of sp³-hybridized carbons (Fsp3) is 0.250. The average Bonchev–Trinajstić information content (AvgIpc) is 2.65. The number of ketones is 1. The maximum atomic E-state index is 10.0. The van der Waals surface area contributed by atoms with E-state index in [0.717, 1.165) is 27.9 Å². The number of carbonyl (C=O) groups excluding carboxylic acids is 1. The number of aliphatic hydroxyl groups is 1. The van der Waals surface area contributed by atoms with Crippen LogP contribution in [0.3, 0.4) is 0 Å². The smallest absolute Gasteiger partial charge is 0.155 e. The number of ether oxygens (including phenoxy) is 1. The van der Waals surface area contributed by atoms with Crippen molar-refractivity contribution in [2.75, 3.05) is 7.11 Å². The van der Waals surface area contributed by atoms with E-state index in [1.165, 1.54) is 36.6 Å². The van der Waals surface area contributed by atoms with Crippen LogP contribution in [0.5, 0.6) is 5.75 Å². The number of pyridine rings is 1. The Kier molecular flexibility index (Phi) is 9.22. The first-order valence-corrected chi connectivity index (χ1v) is 9.04. The van der Waals surface area contributed by atoms with Crippen molar-refractivity contribution < 1.29 is 34.7 Å². The van der Waals surface area contributed by atoms with Gasteiger partial charge in [-0.25, -0.2) is 0 Å². The molecule has 0 aliphatic heterocycles. The molecule has 0 fully saturated rings. The zero-order valence-corrected chi connectivity index (χ0v) is 20.0. The first kappa shape index (κ1) is 24.5. The van der Waals surface area contributed by atoms with Crippen LogP contribution in [0.2, 0.25) is 0 Å². The number of aliphatic hydroxyl groups excluding tert-OH is 1. The maximum Gasteiger partial charge on any atom is 0.155 e. The van der Waals surface area contributed by atoms with Crippen molar-refractivity contribution in [2.24, 2.45) is 0 Å². The fourth-order valence-corrected chi connectivity index (χ4v) is 2.81. The molecule has 3 rings (SSSR count). The summed E-state index contributed by atoms with van der Waals surface area (Å²) >= 11 is 0. The summed E-state index contributed by atoms with van der Waals surface area (Å²) in [7, 11) is 1.68. The molecule has 2 aromatic carbocycles. The molecule has 1 radical (unpaired) electrons. The Morgan fingerprint density at radius 1 is 1.10 bits per heavy atom. The number of hydrogen-bond acceptors (Lipinski definition) is 4. The summed E-state index contributed by atoms with van der Waals surface area (Å²) < 4.78 is 5.25. The Morgan fingerprint density at radius 3 is 2.34 bits per heavy atom. The van der Waals surface area contributed by atoms with Gasteiger partial charge < -0.3 is 9.84 Å². The van der Waals surface area contributed by atoms with E-state index < -0.39 is 0 Å². The van der Waals surface area contributed by atoms with E-state index >= 15 is 0 Å². The molecule has 0 unspecified atom stereocenters. The Bertz CT molecular complexity index is 1040. The van der Waals surface area contributed by atoms with Gasteiger partial charge in [0, 0.05) is 31.6 Å². The van der Waals surface area contributed by atoms with Crippen LogP contribution in [-0.2, 0) is 24.9 Å². The topological polar surface area (TPSA) is 59.4 Å². The number of methoxy groups -OCH3 is 1. The average molecular weight is 569 g/mol. The largest absolute Gasteiger partial charge is 0.512 e. The third kappa shape index (κ3) is 6.52. The minimum atomic E-state index is -0.125. The number of benzene rings is 2. The van der Waals surface area contributed by atoms with Crippen LogP contribution in [0.4, 0.5) is 0 Å². The molecule has 1 N–H and O–H groups in total. The van der Waals surface area contributed by atoms with Crippen molar-refractivity contribution in [1.82, 2.24) is 4.98 Å². The van der Waals surface area contributed by atoms with Gasteiger partial charge in [-0.05, 0) is 37.7 Å². The zero-order chi connectivity index (χ0) is 20.8. The molecule has 0 atom stereocenters. The normalized spacial score (nSPS) is 10.6. The number of aryl methyl sites for hydroxylation is 1. The SMILES string of the molecule is CC(=O)/C=C(/C)O.COc1ccc2nc(-c3[c-]cc(C)c(C)c3C)ccc2c1.[Ir]. The van der Waals surface area contributed by atoms with Gasteiger partial charge in [-0.15, -0.1) is 34.4 Å². The van der Waals surface area contributed by atoms with E-state index in [9.17, 15) is 4.79 Å². The van der Waals surface area contributed by atoms with E-state index in [0.29, 0.717) is 0 Å². The Hall–Kier alpha value is -2.49. The van der Waals surface area contributed by atoms with Gasteiger partial charge in [0.05, 0.1) is 18.4 Å². The van der Waals surface area contributed by atoms with Gasteiger partial charge in [-0.2, -0.15) is 0 Å². The minimum absolute atomic E-state index is 0. The van der Waals surface area contributed by atoms with Crippen molar-refractivity contribution in [3.05, 3.63) is 71.0 Å². The molecule has 0 spiro atoms. The van der Waals surface area contributed by atoms with Crippen LogP contribution in [0.25, 0.3) is 22.2 Å². The summed E-state index contributed by atoms with van der Waals surface area (Å²) in [6, 6.07) is 15.5. The second-order valence-electron chi connectivity index (χ2n) is 6.75. The van der Waals surface area contributed by atoms with Crippen molar-refractivity contribution in [1.29, 1.82) is 0 Å². The number of carbonyl (C=O) groups is 1. The maximum absolute atomic E-state index is 10.0. The summed E-state index contributed by atoms with van der Waals surface area (Å²) in [5, 5.41) is 9.45. The second-order valence-corrected chi connectivity index (χ2v) is 6.75. The van der Waals surface area contributed by atoms with Crippen molar-refractivity contribution in [2.45, 2.75) is 34.6 Å². The van der Waals surface area contributed by atoms with Gasteiger partial charge in [0.1, 0.15) is 5.75 Å². The second kappa shape index (κ2) is 10.9. The molecule has 1 heterocycles.